The van der Waals surface area contributed by atoms with Gasteiger partial charge in [-0.15, -0.1) is 0 Å². The average molecular weight is 549 g/mol. The summed E-state index contributed by atoms with van der Waals surface area (Å²) >= 11 is 13.2. The van der Waals surface area contributed by atoms with E-state index in [1.54, 1.807) is 24.3 Å². The van der Waals surface area contributed by atoms with Crippen LogP contribution in [0.3, 0.4) is 0 Å². The van der Waals surface area contributed by atoms with Crippen molar-refractivity contribution in [2.75, 3.05) is 20.3 Å². The molecule has 0 saturated heterocycles. The van der Waals surface area contributed by atoms with Gasteiger partial charge in [0.05, 0.1) is 46.5 Å². The van der Waals surface area contributed by atoms with Crippen molar-refractivity contribution in [2.45, 2.75) is 19.9 Å². The van der Waals surface area contributed by atoms with Gasteiger partial charge in [0.2, 0.25) is 0 Å². The third-order valence-corrected chi connectivity index (χ3v) is 6.92. The first-order valence-corrected chi connectivity index (χ1v) is 12.5. The smallest absolute Gasteiger partial charge is 0.337 e. The van der Waals surface area contributed by atoms with Gasteiger partial charge < -0.3 is 19.3 Å². The maximum atomic E-state index is 13.6. The van der Waals surface area contributed by atoms with Gasteiger partial charge in [-0.1, -0.05) is 40.6 Å². The van der Waals surface area contributed by atoms with E-state index in [4.69, 9.17) is 37.4 Å². The molecule has 0 saturated carbocycles. The van der Waals surface area contributed by atoms with Crippen LogP contribution in [0, 0.1) is 0 Å². The molecule has 1 atom stereocenters. The molecule has 0 aliphatic carbocycles. The van der Waals surface area contributed by atoms with E-state index in [2.05, 4.69) is 4.99 Å². The van der Waals surface area contributed by atoms with Crippen LogP contribution in [0.4, 0.5) is 0 Å². The largest absolute Gasteiger partial charge is 0.505 e. The van der Waals surface area contributed by atoms with Crippen molar-refractivity contribution >= 4 is 46.6 Å². The molecule has 1 N–H and O–H groups in total. The average Bonchev–Trinajstić information content (AvgIpc) is 3.17. The van der Waals surface area contributed by atoms with E-state index >= 15 is 0 Å². The molecular weight excluding hydrogens is 527 g/mol. The predicted molar refractivity (Wildman–Crippen MR) is 138 cm³/mol. The highest BCUT2D eigenvalue weighted by atomic mass is 35.5. The number of halogens is 2. The van der Waals surface area contributed by atoms with Crippen molar-refractivity contribution < 1.29 is 24.1 Å². The topological polar surface area (TPSA) is 99.4 Å². The first-order chi connectivity index (χ1) is 17.3. The molecule has 2 aromatic carbocycles. The maximum absolute atomic E-state index is 13.6. The highest BCUT2D eigenvalue weighted by Gasteiger charge is 2.31. The Labute approximate surface area is 220 Å². The van der Waals surface area contributed by atoms with Crippen LogP contribution in [0.1, 0.15) is 31.0 Å². The monoisotopic (exact) mass is 548 g/mol. The molecule has 188 valence electrons. The van der Waals surface area contributed by atoms with Crippen LogP contribution in [0.2, 0.25) is 10.0 Å². The van der Waals surface area contributed by atoms with Crippen molar-refractivity contribution in [2.24, 2.45) is 4.99 Å². The number of phenols is 1. The number of ether oxygens (including phenoxy) is 3. The fraction of sp³-hybridized carbons (Fsp3) is 0.240. The summed E-state index contributed by atoms with van der Waals surface area (Å²) in [7, 11) is 1.27. The zero-order chi connectivity index (χ0) is 26.0. The molecule has 8 nitrogen and oxygen atoms in total. The third kappa shape index (κ3) is 4.86. The molecule has 0 radical (unpaired) electrons. The minimum atomic E-state index is -0.808. The first kappa shape index (κ1) is 25.8. The molecule has 0 bridgehead atoms. The zero-order valence-electron chi connectivity index (χ0n) is 19.6. The number of fused-ring (bicyclic) bond motifs is 1. The van der Waals surface area contributed by atoms with Crippen LogP contribution >= 0.6 is 34.5 Å². The van der Waals surface area contributed by atoms with Gasteiger partial charge in [-0.05, 0) is 55.3 Å². The number of thiazole rings is 1. The molecule has 1 aliphatic rings. The van der Waals surface area contributed by atoms with Crippen LogP contribution in [0.15, 0.2) is 51.9 Å². The van der Waals surface area contributed by atoms with Crippen molar-refractivity contribution in [1.82, 2.24) is 4.57 Å². The number of phenolic OH excluding ortho intramolecular Hbond substituents is 1. The van der Waals surface area contributed by atoms with Crippen molar-refractivity contribution in [3.63, 3.8) is 0 Å². The first-order valence-electron chi connectivity index (χ1n) is 11.0. The lowest BCUT2D eigenvalue weighted by molar-refractivity contribution is -0.136. The summed E-state index contributed by atoms with van der Waals surface area (Å²) < 4.78 is 18.2. The molecule has 3 aromatic rings. The highest BCUT2D eigenvalue weighted by Crippen LogP contribution is 2.35. The maximum Gasteiger partial charge on any atom is 0.337 e. The number of carbonyl (C=O) groups is 1. The minimum absolute atomic E-state index is 0.0604. The molecule has 1 aliphatic heterocycles. The summed E-state index contributed by atoms with van der Waals surface area (Å²) in [5, 5.41) is 9.96. The lowest BCUT2D eigenvalue weighted by Crippen LogP contribution is -2.39. The summed E-state index contributed by atoms with van der Waals surface area (Å²) in [5.74, 6) is 0.205. The molecule has 4 rings (SSSR count). The minimum Gasteiger partial charge on any atom is -0.505 e. The Morgan fingerprint density at radius 3 is 2.44 bits per heavy atom. The van der Waals surface area contributed by atoms with E-state index in [1.165, 1.54) is 30.0 Å². The third-order valence-electron chi connectivity index (χ3n) is 5.35. The number of hydrogen-bond donors (Lipinski definition) is 1. The quantitative estimate of drug-likeness (QED) is 0.450. The summed E-state index contributed by atoms with van der Waals surface area (Å²) in [6, 6.07) is 7.46. The second kappa shape index (κ2) is 10.8. The SMILES string of the molecule is CCOc1ccc([C@@H]2C(C(=O)OC)=CN=c3s/c(=C\c4cc(Cl)c(O)c(Cl)c4)c(=O)n32)cc1OCC. The fourth-order valence-corrected chi connectivity index (χ4v) is 5.28. The summed E-state index contributed by atoms with van der Waals surface area (Å²) in [5.41, 5.74) is 0.970. The van der Waals surface area contributed by atoms with E-state index in [1.807, 2.05) is 13.8 Å². The standard InChI is InChI=1S/C25H22Cl2N2O6S/c1-4-34-18-7-6-14(11-19(18)35-5-2)21-15(24(32)33-3)12-28-25-29(21)23(31)20(36-25)10-13-8-16(26)22(30)17(27)9-13/h6-12,21,30H,4-5H2,1-3H3/b20-10-/t21-/m1/s1. The van der Waals surface area contributed by atoms with Gasteiger partial charge in [-0.2, -0.15) is 0 Å². The Morgan fingerprint density at radius 2 is 1.81 bits per heavy atom. The van der Waals surface area contributed by atoms with Crippen LogP contribution < -0.4 is 24.4 Å². The molecule has 1 aromatic heterocycles. The van der Waals surface area contributed by atoms with Crippen LogP contribution in [0.5, 0.6) is 17.2 Å². The van der Waals surface area contributed by atoms with Gasteiger partial charge in [-0.25, -0.2) is 9.79 Å². The fourth-order valence-electron chi connectivity index (χ4n) is 3.81. The summed E-state index contributed by atoms with van der Waals surface area (Å²) in [4.78, 5) is 31.0. The Balaban J connectivity index is 1.91. The van der Waals surface area contributed by atoms with Crippen molar-refractivity contribution in [3.05, 3.63) is 83.0 Å². The van der Waals surface area contributed by atoms with E-state index < -0.39 is 12.0 Å². The molecule has 0 spiro atoms. The lowest BCUT2D eigenvalue weighted by Gasteiger charge is -2.23. The summed E-state index contributed by atoms with van der Waals surface area (Å²) in [6.45, 7) is 4.58. The number of aromatic hydroxyl groups is 1. The lowest BCUT2D eigenvalue weighted by atomic mass is 9.97. The number of rotatable bonds is 7. The van der Waals surface area contributed by atoms with Gasteiger partial charge in [0.25, 0.3) is 5.56 Å². The number of carbonyl (C=O) groups excluding carboxylic acids is 1. The van der Waals surface area contributed by atoms with Crippen molar-refractivity contribution in [3.8, 4) is 17.2 Å². The van der Waals surface area contributed by atoms with Gasteiger partial charge in [-0.3, -0.25) is 9.36 Å². The van der Waals surface area contributed by atoms with E-state index in [0.717, 1.165) is 11.3 Å². The predicted octanol–water partition coefficient (Wildman–Crippen LogP) is 3.83. The van der Waals surface area contributed by atoms with Gasteiger partial charge in [0.1, 0.15) is 0 Å². The van der Waals surface area contributed by atoms with Crippen LogP contribution in [-0.4, -0.2) is 36.0 Å². The Hall–Kier alpha value is -3.27. The van der Waals surface area contributed by atoms with Gasteiger partial charge >= 0.3 is 5.97 Å². The Kier molecular flexibility index (Phi) is 7.73. The van der Waals surface area contributed by atoms with Gasteiger partial charge in [0, 0.05) is 6.20 Å². The molecule has 2 heterocycles. The van der Waals surface area contributed by atoms with E-state index in [9.17, 15) is 14.7 Å². The number of nitrogens with zero attached hydrogens (tertiary/aromatic N) is 2. The normalized spacial score (nSPS) is 15.1. The molecule has 11 heteroatoms. The van der Waals surface area contributed by atoms with E-state index in [0.29, 0.717) is 45.2 Å². The number of methoxy groups -OCH3 is 1. The second-order valence-electron chi connectivity index (χ2n) is 7.58. The summed E-state index contributed by atoms with van der Waals surface area (Å²) in [6.07, 6.45) is 3.01. The Bertz CT molecular complexity index is 1520. The van der Waals surface area contributed by atoms with Gasteiger partial charge in [0.15, 0.2) is 22.0 Å². The van der Waals surface area contributed by atoms with Crippen molar-refractivity contribution in [1.29, 1.82) is 0 Å². The zero-order valence-corrected chi connectivity index (χ0v) is 21.9. The van der Waals surface area contributed by atoms with Crippen LogP contribution in [0.25, 0.3) is 6.08 Å². The number of hydrogen-bond acceptors (Lipinski definition) is 8. The van der Waals surface area contributed by atoms with Crippen LogP contribution in [-0.2, 0) is 9.53 Å². The molecule has 0 unspecified atom stereocenters. The highest BCUT2D eigenvalue weighted by molar-refractivity contribution is 7.07. The number of esters is 1. The molecular formula is C25H22Cl2N2O6S. The Morgan fingerprint density at radius 1 is 1.14 bits per heavy atom. The molecule has 36 heavy (non-hydrogen) atoms. The number of aromatic nitrogens is 1. The molecule has 0 amide bonds. The number of benzene rings is 2. The van der Waals surface area contributed by atoms with E-state index in [-0.39, 0.29) is 26.9 Å². The second-order valence-corrected chi connectivity index (χ2v) is 9.40. The molecule has 0 fully saturated rings.